The molecule has 5 unspecified atom stereocenters. The molecule has 2 bridgehead atoms. The number of rotatable bonds is 3. The van der Waals surface area contributed by atoms with Crippen molar-refractivity contribution in [3.63, 3.8) is 0 Å². The Morgan fingerprint density at radius 2 is 2.19 bits per heavy atom. The van der Waals surface area contributed by atoms with Gasteiger partial charge in [0.25, 0.3) is 10.1 Å². The van der Waals surface area contributed by atoms with Crippen LogP contribution in [0.1, 0.15) is 12.8 Å². The van der Waals surface area contributed by atoms with Gasteiger partial charge in [-0.15, -0.1) is 0 Å². The summed E-state index contributed by atoms with van der Waals surface area (Å²) < 4.78 is 33.4. The van der Waals surface area contributed by atoms with Gasteiger partial charge in [-0.2, -0.15) is 8.42 Å². The molecule has 1 aliphatic heterocycles. The van der Waals surface area contributed by atoms with Gasteiger partial charge in [0.2, 0.25) is 0 Å². The fourth-order valence-electron chi connectivity index (χ4n) is 3.28. The van der Waals surface area contributed by atoms with Gasteiger partial charge in [0.1, 0.15) is 12.7 Å². The van der Waals surface area contributed by atoms with Crippen LogP contribution in [0.2, 0.25) is 0 Å². The van der Waals surface area contributed by atoms with Gasteiger partial charge >= 0.3 is 5.97 Å². The number of aliphatic carboxylic acids is 1. The van der Waals surface area contributed by atoms with Gasteiger partial charge < -0.3 is 9.84 Å². The summed E-state index contributed by atoms with van der Waals surface area (Å²) in [4.78, 5) is 10.4. The van der Waals surface area contributed by atoms with Crippen LogP contribution in [0.15, 0.2) is 0 Å². The van der Waals surface area contributed by atoms with Crippen molar-refractivity contribution in [3.8, 4) is 0 Å². The third kappa shape index (κ3) is 1.31. The molecule has 6 nitrogen and oxygen atoms in total. The van der Waals surface area contributed by atoms with E-state index in [0.29, 0.717) is 6.42 Å². The second-order valence-corrected chi connectivity index (χ2v) is 6.44. The Hall–Kier alpha value is -0.660. The minimum Gasteiger partial charge on any atom is -0.480 e. The summed E-state index contributed by atoms with van der Waals surface area (Å²) in [7, 11) is -3.43. The molecule has 3 fully saturated rings. The van der Waals surface area contributed by atoms with Gasteiger partial charge in [0, 0.05) is 5.92 Å². The van der Waals surface area contributed by atoms with E-state index in [2.05, 4.69) is 0 Å². The molecule has 16 heavy (non-hydrogen) atoms. The number of carbonyl (C=O) groups is 1. The average Bonchev–Trinajstić information content (AvgIpc) is 2.75. The molecule has 1 N–H and O–H groups in total. The van der Waals surface area contributed by atoms with Crippen molar-refractivity contribution in [1.29, 1.82) is 0 Å². The highest BCUT2D eigenvalue weighted by molar-refractivity contribution is 7.87. The minimum absolute atomic E-state index is 0.00814. The van der Waals surface area contributed by atoms with Crippen molar-refractivity contribution in [2.75, 3.05) is 6.61 Å². The van der Waals surface area contributed by atoms with Gasteiger partial charge in [-0.05, 0) is 18.8 Å². The standard InChI is InChI=1S/C9H12O6S/c10-7(11)3-14-8-4-1-5-6(2-4)16(12,13)15-9(5)8/h4-6,8-9H,1-3H2,(H,10,11). The normalized spacial score (nSPS) is 47.4. The van der Waals surface area contributed by atoms with Gasteiger partial charge in [0.05, 0.1) is 11.4 Å². The molecule has 1 heterocycles. The van der Waals surface area contributed by atoms with E-state index in [4.69, 9.17) is 14.0 Å². The second kappa shape index (κ2) is 3.18. The third-order valence-electron chi connectivity index (χ3n) is 3.81. The number of carboxylic acids is 1. The van der Waals surface area contributed by atoms with Crippen LogP contribution in [0.3, 0.4) is 0 Å². The molecule has 0 spiro atoms. The number of ether oxygens (including phenoxy) is 1. The monoisotopic (exact) mass is 248 g/mol. The summed E-state index contributed by atoms with van der Waals surface area (Å²) in [6.45, 7) is -0.390. The van der Waals surface area contributed by atoms with E-state index in [-0.39, 0.29) is 23.2 Å². The van der Waals surface area contributed by atoms with E-state index < -0.39 is 28.8 Å². The Morgan fingerprint density at radius 3 is 2.88 bits per heavy atom. The zero-order valence-electron chi connectivity index (χ0n) is 8.40. The number of carboxylic acid groups (broad SMARTS) is 1. The van der Waals surface area contributed by atoms with Crippen molar-refractivity contribution in [2.45, 2.75) is 30.3 Å². The van der Waals surface area contributed by atoms with Crippen LogP contribution in [0.25, 0.3) is 0 Å². The fraction of sp³-hybridized carbons (Fsp3) is 0.889. The van der Waals surface area contributed by atoms with Gasteiger partial charge in [-0.1, -0.05) is 0 Å². The van der Waals surface area contributed by atoms with E-state index >= 15 is 0 Å². The highest BCUT2D eigenvalue weighted by Crippen LogP contribution is 2.55. The molecule has 1 saturated heterocycles. The van der Waals surface area contributed by atoms with Crippen molar-refractivity contribution in [1.82, 2.24) is 0 Å². The molecule has 0 aromatic rings. The number of hydrogen-bond acceptors (Lipinski definition) is 5. The maximum atomic E-state index is 11.6. The lowest BCUT2D eigenvalue weighted by Gasteiger charge is -2.24. The topological polar surface area (TPSA) is 89.9 Å². The van der Waals surface area contributed by atoms with E-state index in [1.165, 1.54) is 0 Å². The first-order chi connectivity index (χ1) is 7.49. The first-order valence-corrected chi connectivity index (χ1v) is 6.71. The Morgan fingerprint density at radius 1 is 1.44 bits per heavy atom. The van der Waals surface area contributed by atoms with Gasteiger partial charge in [-0.25, -0.2) is 4.79 Å². The van der Waals surface area contributed by atoms with Crippen molar-refractivity contribution in [3.05, 3.63) is 0 Å². The minimum atomic E-state index is -3.43. The van der Waals surface area contributed by atoms with Gasteiger partial charge in [0.15, 0.2) is 0 Å². The Kier molecular flexibility index (Phi) is 2.08. The van der Waals surface area contributed by atoms with E-state index in [1.807, 2.05) is 0 Å². The lowest BCUT2D eigenvalue weighted by Crippen LogP contribution is -2.36. The zero-order chi connectivity index (χ0) is 11.5. The lowest BCUT2D eigenvalue weighted by molar-refractivity contribution is -0.147. The first-order valence-electron chi connectivity index (χ1n) is 5.24. The maximum Gasteiger partial charge on any atom is 0.329 e. The van der Waals surface area contributed by atoms with Crippen LogP contribution in [0.5, 0.6) is 0 Å². The molecule has 2 aliphatic carbocycles. The average molecular weight is 248 g/mol. The van der Waals surface area contributed by atoms with Crippen molar-refractivity contribution < 1.29 is 27.2 Å². The van der Waals surface area contributed by atoms with Crippen LogP contribution in [-0.4, -0.2) is 43.6 Å². The Balaban J connectivity index is 1.79. The van der Waals surface area contributed by atoms with E-state index in [9.17, 15) is 13.2 Å². The summed E-state index contributed by atoms with van der Waals surface area (Å²) in [5.74, 6) is -0.898. The quantitative estimate of drug-likeness (QED) is 0.683. The van der Waals surface area contributed by atoms with Crippen LogP contribution in [0.4, 0.5) is 0 Å². The Labute approximate surface area is 92.7 Å². The lowest BCUT2D eigenvalue weighted by atomic mass is 9.94. The van der Waals surface area contributed by atoms with Crippen LogP contribution >= 0.6 is 0 Å². The SMILES string of the molecule is O=C(O)COC1C2CC3C1OS(=O)(=O)C3C2. The Bertz CT molecular complexity index is 429. The summed E-state index contributed by atoms with van der Waals surface area (Å²) >= 11 is 0. The molecule has 5 atom stereocenters. The summed E-state index contributed by atoms with van der Waals surface area (Å²) in [6, 6.07) is 0. The molecule has 3 aliphatic rings. The molecule has 90 valence electrons. The highest BCUT2D eigenvalue weighted by atomic mass is 32.2. The predicted molar refractivity (Wildman–Crippen MR) is 51.2 cm³/mol. The van der Waals surface area contributed by atoms with Crippen LogP contribution in [0, 0.1) is 11.8 Å². The molecule has 2 saturated carbocycles. The third-order valence-corrected chi connectivity index (χ3v) is 5.59. The maximum absolute atomic E-state index is 11.6. The molecule has 3 rings (SSSR count). The highest BCUT2D eigenvalue weighted by Gasteiger charge is 2.64. The molecular weight excluding hydrogens is 236 g/mol. The van der Waals surface area contributed by atoms with Crippen molar-refractivity contribution >= 4 is 16.1 Å². The predicted octanol–water partition coefficient (Wildman–Crippen LogP) is -0.407. The molecule has 0 amide bonds. The van der Waals surface area contributed by atoms with Crippen LogP contribution in [-0.2, 0) is 23.8 Å². The number of hydrogen-bond donors (Lipinski definition) is 1. The summed E-state index contributed by atoms with van der Waals surface area (Å²) in [6.07, 6.45) is 0.509. The van der Waals surface area contributed by atoms with Crippen molar-refractivity contribution in [2.24, 2.45) is 11.8 Å². The van der Waals surface area contributed by atoms with E-state index in [0.717, 1.165) is 6.42 Å². The molecular formula is C9H12O6S. The molecule has 0 aromatic heterocycles. The first kappa shape index (κ1) is 10.5. The molecule has 0 aromatic carbocycles. The zero-order valence-corrected chi connectivity index (χ0v) is 9.22. The van der Waals surface area contributed by atoms with E-state index in [1.54, 1.807) is 0 Å². The molecule has 7 heteroatoms. The number of fused-ring (bicyclic) bond motifs is 1. The second-order valence-electron chi connectivity index (χ2n) is 4.66. The summed E-state index contributed by atoms with van der Waals surface area (Å²) in [5.41, 5.74) is 0. The fourth-order valence-corrected chi connectivity index (χ4v) is 5.16. The largest absolute Gasteiger partial charge is 0.480 e. The smallest absolute Gasteiger partial charge is 0.329 e. The van der Waals surface area contributed by atoms with Crippen LogP contribution < -0.4 is 0 Å². The molecule has 0 radical (unpaired) electrons. The van der Waals surface area contributed by atoms with Gasteiger partial charge in [-0.3, -0.25) is 4.18 Å². The summed E-state index contributed by atoms with van der Waals surface area (Å²) in [5, 5.41) is 8.15.